The molecule has 0 N–H and O–H groups in total. The maximum absolute atomic E-state index is 11.0. The van der Waals surface area contributed by atoms with E-state index in [0.717, 1.165) is 12.8 Å². The second-order valence-corrected chi connectivity index (χ2v) is 3.47. The van der Waals surface area contributed by atoms with Gasteiger partial charge in [-0.1, -0.05) is 13.3 Å². The lowest BCUT2D eigenvalue weighted by Gasteiger charge is -1.92. The Balaban J connectivity index is 2.70. The summed E-state index contributed by atoms with van der Waals surface area (Å²) in [4.78, 5) is 11.7. The molecule has 0 aliphatic carbocycles. The molecule has 1 aromatic rings. The molecule has 0 aliphatic rings. The zero-order valence-electron chi connectivity index (χ0n) is 7.29. The number of hydrogen-bond donors (Lipinski definition) is 0. The summed E-state index contributed by atoms with van der Waals surface area (Å²) in [7, 11) is 1.40. The number of rotatable bonds is 3. The molecule has 0 aromatic carbocycles. The van der Waals surface area contributed by atoms with Crippen molar-refractivity contribution in [3.8, 4) is 0 Å². The van der Waals surface area contributed by atoms with E-state index >= 15 is 0 Å². The Morgan fingerprint density at radius 1 is 1.67 bits per heavy atom. The molecule has 1 rings (SSSR count). The number of thiophene rings is 1. The molecule has 66 valence electrons. The molecule has 1 aromatic heterocycles. The van der Waals surface area contributed by atoms with Crippen LogP contribution < -0.4 is 0 Å². The van der Waals surface area contributed by atoms with E-state index in [2.05, 4.69) is 11.7 Å². The number of carbonyl (C=O) groups is 1. The molecule has 12 heavy (non-hydrogen) atoms. The lowest BCUT2D eigenvalue weighted by Crippen LogP contribution is -1.97. The molecule has 0 amide bonds. The average Bonchev–Trinajstić information content (AvgIpc) is 2.52. The summed E-state index contributed by atoms with van der Waals surface area (Å²) in [5, 5.41) is 2.01. The van der Waals surface area contributed by atoms with Crippen LogP contribution in [0.1, 0.15) is 28.6 Å². The topological polar surface area (TPSA) is 26.3 Å². The maximum Gasteiger partial charge on any atom is 0.348 e. The summed E-state index contributed by atoms with van der Waals surface area (Å²) in [6, 6.07) is 1.90. The van der Waals surface area contributed by atoms with E-state index in [9.17, 15) is 4.79 Å². The molecule has 0 bridgehead atoms. The lowest BCUT2D eigenvalue weighted by atomic mass is 10.2. The van der Waals surface area contributed by atoms with Crippen LogP contribution in [0.5, 0.6) is 0 Å². The van der Waals surface area contributed by atoms with Crippen molar-refractivity contribution >= 4 is 17.3 Å². The van der Waals surface area contributed by atoms with Crippen molar-refractivity contribution in [3.05, 3.63) is 21.9 Å². The Morgan fingerprint density at radius 3 is 3.00 bits per heavy atom. The molecule has 0 atom stereocenters. The third-order valence-electron chi connectivity index (χ3n) is 1.58. The summed E-state index contributed by atoms with van der Waals surface area (Å²) in [6.45, 7) is 2.12. The first-order valence-electron chi connectivity index (χ1n) is 3.93. The SMILES string of the molecule is CCCc1csc(C(=O)OC)c1. The van der Waals surface area contributed by atoms with Crippen molar-refractivity contribution < 1.29 is 9.53 Å². The monoisotopic (exact) mass is 184 g/mol. The van der Waals surface area contributed by atoms with E-state index in [1.165, 1.54) is 24.0 Å². The normalized spacial score (nSPS) is 9.83. The quantitative estimate of drug-likeness (QED) is 0.674. The molecular weight excluding hydrogens is 172 g/mol. The number of carbonyl (C=O) groups excluding carboxylic acids is 1. The molecule has 0 fully saturated rings. The van der Waals surface area contributed by atoms with Crippen LogP contribution in [0.4, 0.5) is 0 Å². The molecule has 0 saturated heterocycles. The second kappa shape index (κ2) is 4.26. The van der Waals surface area contributed by atoms with Crippen LogP contribution in [0.15, 0.2) is 11.4 Å². The zero-order valence-corrected chi connectivity index (χ0v) is 8.11. The summed E-state index contributed by atoms with van der Waals surface area (Å²) < 4.78 is 4.60. The van der Waals surface area contributed by atoms with Gasteiger partial charge in [0.05, 0.1) is 7.11 Å². The average molecular weight is 184 g/mol. The number of esters is 1. The summed E-state index contributed by atoms with van der Waals surface area (Å²) in [5.41, 5.74) is 1.22. The number of aryl methyl sites for hydroxylation is 1. The van der Waals surface area contributed by atoms with Crippen molar-refractivity contribution in [3.63, 3.8) is 0 Å². The van der Waals surface area contributed by atoms with E-state index in [4.69, 9.17) is 0 Å². The highest BCUT2D eigenvalue weighted by atomic mass is 32.1. The van der Waals surface area contributed by atoms with Gasteiger partial charge < -0.3 is 4.74 Å². The Hall–Kier alpha value is -0.830. The highest BCUT2D eigenvalue weighted by Crippen LogP contribution is 2.16. The molecule has 2 nitrogen and oxygen atoms in total. The molecule has 0 saturated carbocycles. The molecular formula is C9H12O2S. The van der Waals surface area contributed by atoms with Crippen LogP contribution in [-0.2, 0) is 11.2 Å². The standard InChI is InChI=1S/C9H12O2S/c1-3-4-7-5-8(12-6-7)9(10)11-2/h5-6H,3-4H2,1-2H3. The Labute approximate surface area is 76.2 Å². The van der Waals surface area contributed by atoms with Crippen molar-refractivity contribution in [1.82, 2.24) is 0 Å². The van der Waals surface area contributed by atoms with Crippen LogP contribution in [0.3, 0.4) is 0 Å². The second-order valence-electron chi connectivity index (χ2n) is 2.56. The molecule has 0 unspecified atom stereocenters. The van der Waals surface area contributed by atoms with Gasteiger partial charge in [0, 0.05) is 0 Å². The summed E-state index contributed by atoms with van der Waals surface area (Å²) in [6.07, 6.45) is 2.14. The highest BCUT2D eigenvalue weighted by Gasteiger charge is 2.07. The van der Waals surface area contributed by atoms with Crippen LogP contribution in [-0.4, -0.2) is 13.1 Å². The van der Waals surface area contributed by atoms with E-state index in [0.29, 0.717) is 4.88 Å². The van der Waals surface area contributed by atoms with Crippen LogP contribution in [0.25, 0.3) is 0 Å². The molecule has 1 heterocycles. The predicted octanol–water partition coefficient (Wildman–Crippen LogP) is 2.49. The van der Waals surface area contributed by atoms with Gasteiger partial charge in [-0.25, -0.2) is 4.79 Å². The van der Waals surface area contributed by atoms with Crippen molar-refractivity contribution in [1.29, 1.82) is 0 Å². The van der Waals surface area contributed by atoms with E-state index in [1.54, 1.807) is 0 Å². The smallest absolute Gasteiger partial charge is 0.348 e. The zero-order chi connectivity index (χ0) is 8.97. The van der Waals surface area contributed by atoms with Gasteiger partial charge in [0.15, 0.2) is 0 Å². The minimum Gasteiger partial charge on any atom is -0.465 e. The van der Waals surface area contributed by atoms with Crippen LogP contribution >= 0.6 is 11.3 Å². The van der Waals surface area contributed by atoms with E-state index in [-0.39, 0.29) is 5.97 Å². The number of ether oxygens (including phenoxy) is 1. The minimum absolute atomic E-state index is 0.234. The third kappa shape index (κ3) is 2.08. The minimum atomic E-state index is -0.234. The molecule has 0 aliphatic heterocycles. The Morgan fingerprint density at radius 2 is 2.42 bits per heavy atom. The van der Waals surface area contributed by atoms with Gasteiger partial charge >= 0.3 is 5.97 Å². The Kier molecular flexibility index (Phi) is 3.29. The van der Waals surface area contributed by atoms with Crippen molar-refractivity contribution in [2.45, 2.75) is 19.8 Å². The van der Waals surface area contributed by atoms with Gasteiger partial charge in [-0.15, -0.1) is 11.3 Å². The first-order chi connectivity index (χ1) is 5.77. The largest absolute Gasteiger partial charge is 0.465 e. The molecule has 0 radical (unpaired) electrons. The predicted molar refractivity (Wildman–Crippen MR) is 49.7 cm³/mol. The molecule has 0 spiro atoms. The fourth-order valence-electron chi connectivity index (χ4n) is 1.00. The van der Waals surface area contributed by atoms with Crippen molar-refractivity contribution in [2.75, 3.05) is 7.11 Å². The van der Waals surface area contributed by atoms with Gasteiger partial charge in [-0.2, -0.15) is 0 Å². The maximum atomic E-state index is 11.0. The van der Waals surface area contributed by atoms with Gasteiger partial charge in [-0.3, -0.25) is 0 Å². The van der Waals surface area contributed by atoms with Crippen molar-refractivity contribution in [2.24, 2.45) is 0 Å². The first-order valence-corrected chi connectivity index (χ1v) is 4.81. The van der Waals surface area contributed by atoms with Gasteiger partial charge in [0.1, 0.15) is 4.88 Å². The Bertz CT molecular complexity index is 265. The van der Waals surface area contributed by atoms with E-state index in [1.807, 2.05) is 11.4 Å². The van der Waals surface area contributed by atoms with Gasteiger partial charge in [0.2, 0.25) is 0 Å². The van der Waals surface area contributed by atoms with Gasteiger partial charge in [0.25, 0.3) is 0 Å². The fourth-order valence-corrected chi connectivity index (χ4v) is 1.87. The van der Waals surface area contributed by atoms with Crippen LogP contribution in [0, 0.1) is 0 Å². The lowest BCUT2D eigenvalue weighted by molar-refractivity contribution is 0.0606. The first kappa shape index (κ1) is 9.26. The number of methoxy groups -OCH3 is 1. The highest BCUT2D eigenvalue weighted by molar-refractivity contribution is 7.12. The summed E-state index contributed by atoms with van der Waals surface area (Å²) >= 11 is 1.45. The van der Waals surface area contributed by atoms with Crippen LogP contribution in [0.2, 0.25) is 0 Å². The summed E-state index contributed by atoms with van der Waals surface area (Å²) in [5.74, 6) is -0.234. The van der Waals surface area contributed by atoms with E-state index < -0.39 is 0 Å². The third-order valence-corrected chi connectivity index (χ3v) is 2.54. The fraction of sp³-hybridized carbons (Fsp3) is 0.444. The number of hydrogen-bond acceptors (Lipinski definition) is 3. The molecule has 3 heteroatoms. The van der Waals surface area contributed by atoms with Gasteiger partial charge in [-0.05, 0) is 23.4 Å².